The van der Waals surface area contributed by atoms with Gasteiger partial charge in [0.25, 0.3) is 0 Å². The molecule has 0 spiro atoms. The summed E-state index contributed by atoms with van der Waals surface area (Å²) >= 11 is 0. The van der Waals surface area contributed by atoms with Crippen LogP contribution in [0.25, 0.3) is 0 Å². The van der Waals surface area contributed by atoms with E-state index in [1.165, 1.54) is 11.1 Å². The molecule has 1 atom stereocenters. The van der Waals surface area contributed by atoms with Gasteiger partial charge in [0.15, 0.2) is 0 Å². The lowest BCUT2D eigenvalue weighted by Gasteiger charge is -2.17. The molecule has 1 unspecified atom stereocenters. The van der Waals surface area contributed by atoms with Crippen molar-refractivity contribution >= 4 is 11.9 Å². The van der Waals surface area contributed by atoms with Gasteiger partial charge in [-0.05, 0) is 31.7 Å². The minimum atomic E-state index is -0.986. The Bertz CT molecular complexity index is 474. The molecule has 0 aliphatic heterocycles. The molecule has 0 fully saturated rings. The van der Waals surface area contributed by atoms with Crippen LogP contribution in [0.1, 0.15) is 37.0 Å². The Hall–Kier alpha value is -1.84. The van der Waals surface area contributed by atoms with Crippen molar-refractivity contribution in [3.8, 4) is 0 Å². The lowest BCUT2D eigenvalue weighted by molar-refractivity contribution is -0.143. The standard InChI is InChI=1S/C16H23NO3/c1-10(2)15(16(19)20)17-14(18)6-5-13-8-11(3)7-12(4)9-13/h7-10,15H,5-6H2,1-4H3,(H,17,18)(H,19,20). The Kier molecular flexibility index (Phi) is 5.74. The monoisotopic (exact) mass is 277 g/mol. The number of rotatable bonds is 6. The molecule has 20 heavy (non-hydrogen) atoms. The number of aliphatic carboxylic acids is 1. The summed E-state index contributed by atoms with van der Waals surface area (Å²) in [6.45, 7) is 7.61. The normalized spacial score (nSPS) is 12.2. The summed E-state index contributed by atoms with van der Waals surface area (Å²) in [4.78, 5) is 22.9. The van der Waals surface area contributed by atoms with Crippen LogP contribution >= 0.6 is 0 Å². The zero-order valence-electron chi connectivity index (χ0n) is 12.6. The van der Waals surface area contributed by atoms with Gasteiger partial charge < -0.3 is 10.4 Å². The van der Waals surface area contributed by atoms with Gasteiger partial charge in [-0.15, -0.1) is 0 Å². The fourth-order valence-electron chi connectivity index (χ4n) is 2.23. The molecule has 110 valence electrons. The summed E-state index contributed by atoms with van der Waals surface area (Å²) in [5.74, 6) is -1.33. The van der Waals surface area contributed by atoms with E-state index in [1.807, 2.05) is 13.8 Å². The number of carboxylic acid groups (broad SMARTS) is 1. The van der Waals surface area contributed by atoms with Gasteiger partial charge in [0.05, 0.1) is 0 Å². The second-order valence-corrected chi connectivity index (χ2v) is 5.62. The molecular weight excluding hydrogens is 254 g/mol. The van der Waals surface area contributed by atoms with Gasteiger partial charge in [-0.1, -0.05) is 43.2 Å². The van der Waals surface area contributed by atoms with Crippen molar-refractivity contribution in [3.05, 3.63) is 34.9 Å². The average Bonchev–Trinajstić information content (AvgIpc) is 2.31. The number of aryl methyl sites for hydroxylation is 3. The fourth-order valence-corrected chi connectivity index (χ4v) is 2.23. The van der Waals surface area contributed by atoms with Gasteiger partial charge in [-0.2, -0.15) is 0 Å². The summed E-state index contributed by atoms with van der Waals surface area (Å²) in [6.07, 6.45) is 0.929. The Morgan fingerprint density at radius 1 is 1.15 bits per heavy atom. The summed E-state index contributed by atoms with van der Waals surface area (Å²) < 4.78 is 0. The van der Waals surface area contributed by atoms with Crippen molar-refractivity contribution in [1.29, 1.82) is 0 Å². The van der Waals surface area contributed by atoms with Crippen molar-refractivity contribution in [3.63, 3.8) is 0 Å². The van der Waals surface area contributed by atoms with Crippen molar-refractivity contribution in [2.75, 3.05) is 0 Å². The van der Waals surface area contributed by atoms with Crippen LogP contribution < -0.4 is 5.32 Å². The van der Waals surface area contributed by atoms with Crippen molar-refractivity contribution in [1.82, 2.24) is 5.32 Å². The van der Waals surface area contributed by atoms with Gasteiger partial charge in [0.1, 0.15) is 6.04 Å². The largest absolute Gasteiger partial charge is 0.480 e. The molecule has 4 heteroatoms. The number of carbonyl (C=O) groups is 2. The van der Waals surface area contributed by atoms with Crippen LogP contribution in [-0.2, 0) is 16.0 Å². The molecule has 1 amide bonds. The minimum absolute atomic E-state index is 0.127. The summed E-state index contributed by atoms with van der Waals surface area (Å²) in [5, 5.41) is 11.6. The quantitative estimate of drug-likeness (QED) is 0.839. The minimum Gasteiger partial charge on any atom is -0.480 e. The third-order valence-corrected chi connectivity index (χ3v) is 3.17. The highest BCUT2D eigenvalue weighted by molar-refractivity contribution is 5.83. The molecule has 0 heterocycles. The number of benzene rings is 1. The maximum Gasteiger partial charge on any atom is 0.326 e. The lowest BCUT2D eigenvalue weighted by Crippen LogP contribution is -2.44. The van der Waals surface area contributed by atoms with Crippen LogP contribution in [-0.4, -0.2) is 23.0 Å². The van der Waals surface area contributed by atoms with Gasteiger partial charge in [0, 0.05) is 6.42 Å². The number of nitrogens with one attached hydrogen (secondary N) is 1. The first kappa shape index (κ1) is 16.2. The Labute approximate surface area is 120 Å². The summed E-state index contributed by atoms with van der Waals surface area (Å²) in [7, 11) is 0. The van der Waals surface area contributed by atoms with Crippen LogP contribution in [0.15, 0.2) is 18.2 Å². The molecule has 2 N–H and O–H groups in total. The predicted octanol–water partition coefficient (Wildman–Crippen LogP) is 2.46. The van der Waals surface area contributed by atoms with Crippen molar-refractivity contribution in [2.45, 2.75) is 46.6 Å². The second-order valence-electron chi connectivity index (χ2n) is 5.62. The van der Waals surface area contributed by atoms with Crippen LogP contribution in [0.3, 0.4) is 0 Å². The summed E-state index contributed by atoms with van der Waals surface area (Å²) in [5.41, 5.74) is 3.45. The molecule has 4 nitrogen and oxygen atoms in total. The second kappa shape index (κ2) is 7.08. The topological polar surface area (TPSA) is 66.4 Å². The van der Waals surface area contributed by atoms with E-state index in [4.69, 9.17) is 5.11 Å². The number of hydrogen-bond acceptors (Lipinski definition) is 2. The zero-order valence-corrected chi connectivity index (χ0v) is 12.6. The van der Waals surface area contributed by atoms with Crippen LogP contribution in [0, 0.1) is 19.8 Å². The predicted molar refractivity (Wildman–Crippen MR) is 78.6 cm³/mol. The molecule has 0 radical (unpaired) electrons. The lowest BCUT2D eigenvalue weighted by atomic mass is 10.0. The molecule has 1 aromatic rings. The first-order valence-corrected chi connectivity index (χ1v) is 6.89. The number of carboxylic acids is 1. The average molecular weight is 277 g/mol. The first-order chi connectivity index (χ1) is 9.29. The maximum absolute atomic E-state index is 11.8. The fraction of sp³-hybridized carbons (Fsp3) is 0.500. The Morgan fingerprint density at radius 3 is 2.15 bits per heavy atom. The molecule has 1 rings (SSSR count). The van der Waals surface area contributed by atoms with E-state index in [1.54, 1.807) is 13.8 Å². The number of carbonyl (C=O) groups excluding carboxylic acids is 1. The molecule has 0 saturated heterocycles. The third kappa shape index (κ3) is 5.03. The van der Waals surface area contributed by atoms with Gasteiger partial charge in [0.2, 0.25) is 5.91 Å². The van der Waals surface area contributed by atoms with Crippen molar-refractivity contribution in [2.24, 2.45) is 5.92 Å². The van der Waals surface area contributed by atoms with E-state index in [-0.39, 0.29) is 11.8 Å². The van der Waals surface area contributed by atoms with Gasteiger partial charge >= 0.3 is 5.97 Å². The zero-order chi connectivity index (χ0) is 15.3. The summed E-state index contributed by atoms with van der Waals surface area (Å²) in [6, 6.07) is 5.37. The van der Waals surface area contributed by atoms with Gasteiger partial charge in [-0.3, -0.25) is 4.79 Å². The highest BCUT2D eigenvalue weighted by Gasteiger charge is 2.22. The Balaban J connectivity index is 2.56. The molecule has 0 aromatic heterocycles. The van der Waals surface area contributed by atoms with E-state index in [2.05, 4.69) is 23.5 Å². The molecule has 0 aliphatic carbocycles. The smallest absolute Gasteiger partial charge is 0.326 e. The highest BCUT2D eigenvalue weighted by atomic mass is 16.4. The highest BCUT2D eigenvalue weighted by Crippen LogP contribution is 2.11. The molecular formula is C16H23NO3. The van der Waals surface area contributed by atoms with E-state index < -0.39 is 12.0 Å². The van der Waals surface area contributed by atoms with E-state index in [0.29, 0.717) is 12.8 Å². The third-order valence-electron chi connectivity index (χ3n) is 3.17. The Morgan fingerprint density at radius 2 is 1.70 bits per heavy atom. The van der Waals surface area contributed by atoms with Crippen LogP contribution in [0.2, 0.25) is 0 Å². The number of hydrogen-bond donors (Lipinski definition) is 2. The molecule has 0 saturated carbocycles. The maximum atomic E-state index is 11.8. The van der Waals surface area contributed by atoms with Crippen LogP contribution in [0.4, 0.5) is 0 Å². The van der Waals surface area contributed by atoms with Crippen LogP contribution in [0.5, 0.6) is 0 Å². The van der Waals surface area contributed by atoms with Crippen molar-refractivity contribution < 1.29 is 14.7 Å². The molecule has 0 bridgehead atoms. The van der Waals surface area contributed by atoms with E-state index in [9.17, 15) is 9.59 Å². The number of amides is 1. The first-order valence-electron chi connectivity index (χ1n) is 6.89. The van der Waals surface area contributed by atoms with E-state index >= 15 is 0 Å². The van der Waals surface area contributed by atoms with E-state index in [0.717, 1.165) is 5.56 Å². The molecule has 1 aromatic carbocycles. The van der Waals surface area contributed by atoms with Gasteiger partial charge in [-0.25, -0.2) is 4.79 Å². The SMILES string of the molecule is Cc1cc(C)cc(CCC(=O)NC(C(=O)O)C(C)C)c1. The molecule has 0 aliphatic rings.